The molecule has 132 valence electrons. The molecule has 2 aromatic rings. The van der Waals surface area contributed by atoms with Gasteiger partial charge in [-0.25, -0.2) is 4.79 Å². The maximum Gasteiger partial charge on any atom is 0.414 e. The van der Waals surface area contributed by atoms with Crippen LogP contribution in [0.4, 0.5) is 10.5 Å². The Balaban J connectivity index is 1.85. The SMILES string of the molecule is CC(C)(C)c1cc(Br)c2c(c1)N(C(=O)OCc1ccccc1)CCO2. The number of anilines is 1. The molecular weight excluding hydrogens is 382 g/mol. The lowest BCUT2D eigenvalue weighted by atomic mass is 9.86. The summed E-state index contributed by atoms with van der Waals surface area (Å²) in [4.78, 5) is 14.3. The van der Waals surface area contributed by atoms with Gasteiger partial charge in [0.05, 0.1) is 16.7 Å². The molecule has 4 nitrogen and oxygen atoms in total. The number of amides is 1. The number of hydrogen-bond acceptors (Lipinski definition) is 3. The van der Waals surface area contributed by atoms with Crippen LogP contribution < -0.4 is 9.64 Å². The Morgan fingerprint density at radius 2 is 1.96 bits per heavy atom. The molecule has 0 radical (unpaired) electrons. The monoisotopic (exact) mass is 403 g/mol. The summed E-state index contributed by atoms with van der Waals surface area (Å²) >= 11 is 3.57. The van der Waals surface area contributed by atoms with Gasteiger partial charge >= 0.3 is 6.09 Å². The number of fused-ring (bicyclic) bond motifs is 1. The van der Waals surface area contributed by atoms with E-state index in [0.29, 0.717) is 18.9 Å². The smallest absolute Gasteiger partial charge is 0.414 e. The third-order valence-corrected chi connectivity index (χ3v) is 4.76. The van der Waals surface area contributed by atoms with E-state index in [1.54, 1.807) is 4.90 Å². The van der Waals surface area contributed by atoms with Crippen molar-refractivity contribution in [2.24, 2.45) is 0 Å². The van der Waals surface area contributed by atoms with E-state index in [9.17, 15) is 4.79 Å². The van der Waals surface area contributed by atoms with Crippen LogP contribution in [0.2, 0.25) is 0 Å². The normalized spacial score (nSPS) is 13.8. The zero-order valence-electron chi connectivity index (χ0n) is 14.7. The molecule has 0 aliphatic carbocycles. The van der Waals surface area contributed by atoms with Crippen molar-refractivity contribution in [1.82, 2.24) is 0 Å². The highest BCUT2D eigenvalue weighted by molar-refractivity contribution is 9.10. The van der Waals surface area contributed by atoms with E-state index in [-0.39, 0.29) is 18.1 Å². The number of halogens is 1. The van der Waals surface area contributed by atoms with Crippen molar-refractivity contribution in [2.45, 2.75) is 32.8 Å². The van der Waals surface area contributed by atoms with Gasteiger partial charge in [0.25, 0.3) is 0 Å². The van der Waals surface area contributed by atoms with E-state index in [1.165, 1.54) is 0 Å². The molecule has 3 rings (SSSR count). The first-order valence-electron chi connectivity index (χ1n) is 8.31. The zero-order chi connectivity index (χ0) is 18.0. The van der Waals surface area contributed by atoms with E-state index in [4.69, 9.17) is 9.47 Å². The van der Waals surface area contributed by atoms with E-state index in [2.05, 4.69) is 42.8 Å². The van der Waals surface area contributed by atoms with Crippen LogP contribution in [0.5, 0.6) is 5.75 Å². The van der Waals surface area contributed by atoms with Crippen molar-refractivity contribution in [3.05, 3.63) is 58.1 Å². The van der Waals surface area contributed by atoms with Gasteiger partial charge in [-0.2, -0.15) is 0 Å². The molecule has 0 saturated carbocycles. The summed E-state index contributed by atoms with van der Waals surface area (Å²) in [6.45, 7) is 7.60. The molecule has 0 bridgehead atoms. The fourth-order valence-electron chi connectivity index (χ4n) is 2.70. The summed E-state index contributed by atoms with van der Waals surface area (Å²) in [5.74, 6) is 0.691. The Bertz CT molecular complexity index is 769. The second-order valence-electron chi connectivity index (χ2n) is 7.10. The standard InChI is InChI=1S/C20H22BrNO3/c1-20(2,3)15-11-16(21)18-17(12-15)22(9-10-24-18)19(23)25-13-14-7-5-4-6-8-14/h4-8,11-12H,9-10,13H2,1-3H3. The quantitative estimate of drug-likeness (QED) is 0.684. The van der Waals surface area contributed by atoms with Crippen LogP contribution in [0.3, 0.4) is 0 Å². The minimum absolute atomic E-state index is 0.0331. The number of rotatable bonds is 2. The van der Waals surface area contributed by atoms with Crippen molar-refractivity contribution in [3.8, 4) is 5.75 Å². The lowest BCUT2D eigenvalue weighted by Crippen LogP contribution is -2.38. The van der Waals surface area contributed by atoms with E-state index < -0.39 is 0 Å². The molecule has 5 heteroatoms. The first-order chi connectivity index (χ1) is 11.9. The van der Waals surface area contributed by atoms with Crippen LogP contribution in [-0.4, -0.2) is 19.2 Å². The number of carbonyl (C=O) groups is 1. The Morgan fingerprint density at radius 3 is 2.64 bits per heavy atom. The second kappa shape index (κ2) is 7.08. The summed E-state index contributed by atoms with van der Waals surface area (Å²) in [7, 11) is 0. The third-order valence-electron chi connectivity index (χ3n) is 4.17. The molecule has 0 unspecified atom stereocenters. The molecule has 1 aliphatic rings. The Hall–Kier alpha value is -2.01. The molecule has 0 spiro atoms. The molecule has 0 N–H and O–H groups in total. The molecule has 25 heavy (non-hydrogen) atoms. The molecular formula is C20H22BrNO3. The number of carbonyl (C=O) groups excluding carboxylic acids is 1. The van der Waals surface area contributed by atoms with E-state index in [1.807, 2.05) is 36.4 Å². The Labute approximate surface area is 156 Å². The Kier molecular flexibility index (Phi) is 5.04. The highest BCUT2D eigenvalue weighted by atomic mass is 79.9. The minimum Gasteiger partial charge on any atom is -0.488 e. The highest BCUT2D eigenvalue weighted by Gasteiger charge is 2.29. The molecule has 0 aromatic heterocycles. The van der Waals surface area contributed by atoms with Crippen molar-refractivity contribution in [1.29, 1.82) is 0 Å². The summed E-state index contributed by atoms with van der Waals surface area (Å²) in [6.07, 6.45) is -0.355. The molecule has 1 aliphatic heterocycles. The average molecular weight is 404 g/mol. The van der Waals surface area contributed by atoms with Crippen molar-refractivity contribution in [3.63, 3.8) is 0 Å². The number of nitrogens with zero attached hydrogens (tertiary/aromatic N) is 1. The maximum atomic E-state index is 12.6. The zero-order valence-corrected chi connectivity index (χ0v) is 16.3. The van der Waals surface area contributed by atoms with E-state index >= 15 is 0 Å². The van der Waals surface area contributed by atoms with Gasteiger partial charge in [-0.05, 0) is 44.6 Å². The topological polar surface area (TPSA) is 38.8 Å². The van der Waals surface area contributed by atoms with Crippen molar-refractivity contribution >= 4 is 27.7 Å². The first kappa shape index (κ1) is 17.8. The van der Waals surface area contributed by atoms with Gasteiger partial charge in [-0.1, -0.05) is 51.1 Å². The van der Waals surface area contributed by atoms with Gasteiger partial charge in [-0.3, -0.25) is 4.90 Å². The third kappa shape index (κ3) is 3.98. The van der Waals surface area contributed by atoms with Gasteiger partial charge in [0.2, 0.25) is 0 Å². The fraction of sp³-hybridized carbons (Fsp3) is 0.350. The van der Waals surface area contributed by atoms with Gasteiger partial charge in [-0.15, -0.1) is 0 Å². The van der Waals surface area contributed by atoms with Crippen LogP contribution in [0, 0.1) is 0 Å². The fourth-order valence-corrected chi connectivity index (χ4v) is 3.27. The molecule has 1 amide bonds. The van der Waals surface area contributed by atoms with Crippen LogP contribution in [-0.2, 0) is 16.8 Å². The van der Waals surface area contributed by atoms with Gasteiger partial charge < -0.3 is 9.47 Å². The number of benzene rings is 2. The predicted octanol–water partition coefficient (Wildman–Crippen LogP) is 5.28. The first-order valence-corrected chi connectivity index (χ1v) is 9.10. The molecule has 0 atom stereocenters. The summed E-state index contributed by atoms with van der Waals surface area (Å²) in [5, 5.41) is 0. The lowest BCUT2D eigenvalue weighted by molar-refractivity contribution is 0.144. The van der Waals surface area contributed by atoms with Gasteiger partial charge in [0, 0.05) is 0 Å². The molecule has 0 saturated heterocycles. The molecule has 2 aromatic carbocycles. The average Bonchev–Trinajstić information content (AvgIpc) is 2.59. The van der Waals surface area contributed by atoms with Crippen LogP contribution in [0.1, 0.15) is 31.9 Å². The maximum absolute atomic E-state index is 12.6. The van der Waals surface area contributed by atoms with Gasteiger partial charge in [0.1, 0.15) is 13.2 Å². The van der Waals surface area contributed by atoms with Crippen molar-refractivity contribution in [2.75, 3.05) is 18.1 Å². The van der Waals surface area contributed by atoms with Crippen LogP contribution in [0.25, 0.3) is 0 Å². The van der Waals surface area contributed by atoms with Gasteiger partial charge in [0.15, 0.2) is 5.75 Å². The number of ether oxygens (including phenoxy) is 2. The predicted molar refractivity (Wildman–Crippen MR) is 102 cm³/mol. The summed E-state index contributed by atoms with van der Waals surface area (Å²) in [5.41, 5.74) is 2.82. The number of hydrogen-bond donors (Lipinski definition) is 0. The van der Waals surface area contributed by atoms with Crippen molar-refractivity contribution < 1.29 is 14.3 Å². The highest BCUT2D eigenvalue weighted by Crippen LogP contribution is 2.42. The van der Waals surface area contributed by atoms with Crippen LogP contribution in [0.15, 0.2) is 46.9 Å². The molecule has 0 fully saturated rings. The largest absolute Gasteiger partial charge is 0.488 e. The molecule has 1 heterocycles. The minimum atomic E-state index is -0.355. The van der Waals surface area contributed by atoms with E-state index in [0.717, 1.165) is 21.3 Å². The second-order valence-corrected chi connectivity index (χ2v) is 7.95. The summed E-state index contributed by atoms with van der Waals surface area (Å²) in [6, 6.07) is 13.7. The lowest BCUT2D eigenvalue weighted by Gasteiger charge is -2.31. The summed E-state index contributed by atoms with van der Waals surface area (Å²) < 4.78 is 12.1. The Morgan fingerprint density at radius 1 is 1.24 bits per heavy atom. The van der Waals surface area contributed by atoms with Crippen LogP contribution >= 0.6 is 15.9 Å².